The van der Waals surface area contributed by atoms with E-state index >= 15 is 0 Å². The van der Waals surface area contributed by atoms with E-state index in [1.807, 2.05) is 0 Å². The predicted octanol–water partition coefficient (Wildman–Crippen LogP) is 0.120. The van der Waals surface area contributed by atoms with Crippen LogP contribution >= 0.6 is 11.8 Å². The minimum Gasteiger partial charge on any atom is -0.445 e. The fourth-order valence-corrected chi connectivity index (χ4v) is 1.56. The molecule has 7 heteroatoms. The molecule has 15 heavy (non-hydrogen) atoms. The number of nitrogens with zero attached hydrogens (tertiary/aromatic N) is 1. The van der Waals surface area contributed by atoms with Gasteiger partial charge in [0.15, 0.2) is 0 Å². The number of thioether (sulfide) groups is 1. The quantitative estimate of drug-likeness (QED) is 0.561. The average Bonchev–Trinajstić information content (AvgIpc) is 2.14. The first-order valence-electron chi connectivity index (χ1n) is 3.90. The smallest absolute Gasteiger partial charge is 0.445 e. The van der Waals surface area contributed by atoms with Gasteiger partial charge < -0.3 is 12.9 Å². The Hall–Kier alpha value is 0.731. The van der Waals surface area contributed by atoms with Gasteiger partial charge in [-0.1, -0.05) is 0 Å². The van der Waals surface area contributed by atoms with E-state index in [1.165, 1.54) is 0 Å². The molecule has 1 heterocycles. The standard InChI is InChI=1S/C8H8BF3NS.K/c1-7(9(10,11)12)6-14-8-2-4-13-5-3-8;/h2-5H,1,6H2;/q-1;+1. The van der Waals surface area contributed by atoms with E-state index in [0.29, 0.717) is 0 Å². The Morgan fingerprint density at radius 1 is 1.33 bits per heavy atom. The molecule has 1 rings (SSSR count). The monoisotopic (exact) mass is 257 g/mol. The van der Waals surface area contributed by atoms with Gasteiger partial charge in [-0.25, -0.2) is 0 Å². The molecule has 1 aromatic rings. The Bertz CT molecular complexity index is 317. The molecular weight excluding hydrogens is 249 g/mol. The normalized spacial score (nSPS) is 10.6. The van der Waals surface area contributed by atoms with Gasteiger partial charge in [-0.2, -0.15) is 0 Å². The molecule has 0 aliphatic carbocycles. The van der Waals surface area contributed by atoms with Crippen molar-refractivity contribution < 1.29 is 64.3 Å². The van der Waals surface area contributed by atoms with Crippen LogP contribution in [0.25, 0.3) is 0 Å². The summed E-state index contributed by atoms with van der Waals surface area (Å²) < 4.78 is 36.3. The SMILES string of the molecule is C=C(CSc1ccncc1)[B-](F)(F)F.[K+]. The molecule has 0 saturated heterocycles. The molecule has 0 N–H and O–H groups in total. The van der Waals surface area contributed by atoms with Gasteiger partial charge in [-0.05, 0) is 17.9 Å². The van der Waals surface area contributed by atoms with E-state index in [0.717, 1.165) is 16.7 Å². The molecule has 1 nitrogen and oxygen atoms in total. The van der Waals surface area contributed by atoms with Crippen molar-refractivity contribution in [3.63, 3.8) is 0 Å². The Balaban J connectivity index is 0.00000196. The number of aromatic nitrogens is 1. The summed E-state index contributed by atoms with van der Waals surface area (Å²) in [4.78, 5) is 4.53. The van der Waals surface area contributed by atoms with Crippen molar-refractivity contribution in [1.29, 1.82) is 0 Å². The number of rotatable bonds is 4. The molecule has 0 unspecified atom stereocenters. The van der Waals surface area contributed by atoms with Crippen molar-refractivity contribution in [2.75, 3.05) is 5.75 Å². The number of halogens is 3. The van der Waals surface area contributed by atoms with E-state index < -0.39 is 12.4 Å². The van der Waals surface area contributed by atoms with Crippen LogP contribution < -0.4 is 51.4 Å². The molecule has 0 spiro atoms. The molecule has 0 bridgehead atoms. The average molecular weight is 257 g/mol. The Morgan fingerprint density at radius 3 is 2.33 bits per heavy atom. The van der Waals surface area contributed by atoms with Gasteiger partial charge in [0, 0.05) is 17.3 Å². The fraction of sp³-hybridized carbons (Fsp3) is 0.125. The second-order valence-corrected chi connectivity index (χ2v) is 3.75. The van der Waals surface area contributed by atoms with E-state index in [4.69, 9.17) is 0 Å². The van der Waals surface area contributed by atoms with Gasteiger partial charge in [0.1, 0.15) is 0 Å². The third-order valence-electron chi connectivity index (χ3n) is 1.54. The predicted molar refractivity (Wildman–Crippen MR) is 53.2 cm³/mol. The van der Waals surface area contributed by atoms with Crippen LogP contribution in [0.2, 0.25) is 0 Å². The second kappa shape index (κ2) is 7.13. The van der Waals surface area contributed by atoms with Crippen LogP contribution in [0.3, 0.4) is 0 Å². The Kier molecular flexibility index (Phi) is 7.48. The molecule has 0 aliphatic rings. The van der Waals surface area contributed by atoms with Gasteiger partial charge in [0.25, 0.3) is 0 Å². The maximum Gasteiger partial charge on any atom is 1.00 e. The summed E-state index contributed by atoms with van der Waals surface area (Å²) in [5.41, 5.74) is -0.660. The Labute approximate surface area is 133 Å². The Morgan fingerprint density at radius 2 is 1.87 bits per heavy atom. The van der Waals surface area contributed by atoms with Crippen LogP contribution in [0.15, 0.2) is 41.5 Å². The molecule has 0 aliphatic heterocycles. The van der Waals surface area contributed by atoms with Gasteiger partial charge in [0.05, 0.1) is 0 Å². The van der Waals surface area contributed by atoms with Crippen molar-refractivity contribution >= 4 is 18.7 Å². The van der Waals surface area contributed by atoms with Crippen molar-refractivity contribution in [2.45, 2.75) is 4.90 Å². The maximum absolute atomic E-state index is 12.1. The first-order chi connectivity index (χ1) is 6.50. The maximum atomic E-state index is 12.1. The van der Waals surface area contributed by atoms with Crippen LogP contribution in [-0.2, 0) is 0 Å². The van der Waals surface area contributed by atoms with Gasteiger partial charge in [-0.15, -0.1) is 23.8 Å². The van der Waals surface area contributed by atoms with E-state index in [2.05, 4.69) is 11.6 Å². The van der Waals surface area contributed by atoms with E-state index in [9.17, 15) is 12.9 Å². The third-order valence-corrected chi connectivity index (χ3v) is 2.66. The number of hydrogen-bond donors (Lipinski definition) is 0. The summed E-state index contributed by atoms with van der Waals surface area (Å²) in [6.07, 6.45) is 3.09. The summed E-state index contributed by atoms with van der Waals surface area (Å²) in [7, 11) is 0. The van der Waals surface area contributed by atoms with Gasteiger partial charge in [0.2, 0.25) is 0 Å². The molecule has 1 aromatic heterocycles. The summed E-state index contributed by atoms with van der Waals surface area (Å²) in [5.74, 6) is -0.118. The first-order valence-corrected chi connectivity index (χ1v) is 4.89. The fourth-order valence-electron chi connectivity index (χ4n) is 0.705. The molecule has 76 valence electrons. The molecular formula is C8H8BF3KNS. The topological polar surface area (TPSA) is 12.9 Å². The second-order valence-electron chi connectivity index (χ2n) is 2.70. The van der Waals surface area contributed by atoms with Crippen molar-refractivity contribution in [3.05, 3.63) is 36.6 Å². The van der Waals surface area contributed by atoms with E-state index in [-0.39, 0.29) is 57.1 Å². The van der Waals surface area contributed by atoms with Crippen LogP contribution in [0.1, 0.15) is 0 Å². The van der Waals surface area contributed by atoms with Gasteiger partial charge >= 0.3 is 58.4 Å². The molecule has 0 fully saturated rings. The molecule has 0 amide bonds. The van der Waals surface area contributed by atoms with Crippen LogP contribution in [-0.4, -0.2) is 17.7 Å². The zero-order valence-electron chi connectivity index (χ0n) is 8.29. The number of hydrogen-bond acceptors (Lipinski definition) is 2. The molecule has 0 aromatic carbocycles. The zero-order chi connectivity index (χ0) is 10.6. The van der Waals surface area contributed by atoms with Crippen molar-refractivity contribution in [2.24, 2.45) is 0 Å². The van der Waals surface area contributed by atoms with E-state index in [1.54, 1.807) is 24.5 Å². The van der Waals surface area contributed by atoms with Crippen LogP contribution in [0, 0.1) is 0 Å². The summed E-state index contributed by atoms with van der Waals surface area (Å²) in [5, 5.41) is 0. The minimum atomic E-state index is -4.90. The molecule has 0 saturated carbocycles. The minimum absolute atomic E-state index is 0. The summed E-state index contributed by atoms with van der Waals surface area (Å²) in [6, 6.07) is 3.34. The largest absolute Gasteiger partial charge is 1.00 e. The molecule has 0 radical (unpaired) electrons. The molecule has 0 atom stereocenters. The van der Waals surface area contributed by atoms with Gasteiger partial charge in [-0.3, -0.25) is 4.98 Å². The zero-order valence-corrected chi connectivity index (χ0v) is 12.2. The third kappa shape index (κ3) is 6.13. The van der Waals surface area contributed by atoms with Crippen LogP contribution in [0.4, 0.5) is 12.9 Å². The van der Waals surface area contributed by atoms with Crippen LogP contribution in [0.5, 0.6) is 0 Å². The first kappa shape index (κ1) is 15.7. The van der Waals surface area contributed by atoms with Crippen molar-refractivity contribution in [1.82, 2.24) is 4.98 Å². The summed E-state index contributed by atoms with van der Waals surface area (Å²) in [6.45, 7) is -1.89. The summed E-state index contributed by atoms with van der Waals surface area (Å²) >= 11 is 1.11. The number of pyridine rings is 1. The van der Waals surface area contributed by atoms with Crippen molar-refractivity contribution in [3.8, 4) is 0 Å².